The van der Waals surface area contributed by atoms with E-state index in [0.29, 0.717) is 0 Å². The second-order valence-corrected chi connectivity index (χ2v) is 4.93. The fourth-order valence-electron chi connectivity index (χ4n) is 2.24. The summed E-state index contributed by atoms with van der Waals surface area (Å²) in [5.74, 6) is 0.868. The van der Waals surface area contributed by atoms with Crippen LogP contribution in [0.25, 0.3) is 5.65 Å². The van der Waals surface area contributed by atoms with Crippen LogP contribution < -0.4 is 10.5 Å². The van der Waals surface area contributed by atoms with Gasteiger partial charge in [-0.25, -0.2) is 4.98 Å². The Morgan fingerprint density at radius 2 is 1.95 bits per heavy atom. The molecule has 20 heavy (non-hydrogen) atoms. The number of nitrogens with two attached hydrogens (primary N) is 1. The SMILES string of the molecule is COc1ccc(Cc2cn3cc(N)c(C)cc3n2)cc1. The van der Waals surface area contributed by atoms with Crippen LogP contribution in [0.3, 0.4) is 0 Å². The van der Waals surface area contributed by atoms with Gasteiger partial charge in [0.2, 0.25) is 0 Å². The van der Waals surface area contributed by atoms with E-state index >= 15 is 0 Å². The molecule has 0 atom stereocenters. The summed E-state index contributed by atoms with van der Waals surface area (Å²) >= 11 is 0. The molecule has 3 rings (SSSR count). The van der Waals surface area contributed by atoms with Crippen molar-refractivity contribution in [1.29, 1.82) is 0 Å². The van der Waals surface area contributed by atoms with Gasteiger partial charge in [0, 0.05) is 18.8 Å². The monoisotopic (exact) mass is 267 g/mol. The van der Waals surface area contributed by atoms with Crippen LogP contribution in [-0.4, -0.2) is 16.5 Å². The Morgan fingerprint density at radius 3 is 2.65 bits per heavy atom. The first-order valence-electron chi connectivity index (χ1n) is 6.52. The Balaban J connectivity index is 1.90. The van der Waals surface area contributed by atoms with Crippen molar-refractivity contribution in [1.82, 2.24) is 9.38 Å². The van der Waals surface area contributed by atoms with Crippen LogP contribution >= 0.6 is 0 Å². The van der Waals surface area contributed by atoms with Crippen LogP contribution in [0.1, 0.15) is 16.8 Å². The van der Waals surface area contributed by atoms with E-state index in [-0.39, 0.29) is 0 Å². The highest BCUT2D eigenvalue weighted by Gasteiger charge is 2.05. The number of nitrogens with zero attached hydrogens (tertiary/aromatic N) is 2. The molecule has 0 amide bonds. The Labute approximate surface area is 117 Å². The summed E-state index contributed by atoms with van der Waals surface area (Å²) in [5.41, 5.74) is 10.9. The predicted octanol–water partition coefficient (Wildman–Crippen LogP) is 2.82. The summed E-state index contributed by atoms with van der Waals surface area (Å²) in [6, 6.07) is 10.1. The van der Waals surface area contributed by atoms with E-state index in [0.717, 1.165) is 34.8 Å². The Hall–Kier alpha value is -2.49. The van der Waals surface area contributed by atoms with E-state index < -0.39 is 0 Å². The van der Waals surface area contributed by atoms with Gasteiger partial charge >= 0.3 is 0 Å². The molecule has 0 saturated carbocycles. The Kier molecular flexibility index (Phi) is 3.06. The normalized spacial score (nSPS) is 10.9. The van der Waals surface area contributed by atoms with Crippen molar-refractivity contribution in [3.05, 3.63) is 59.5 Å². The summed E-state index contributed by atoms with van der Waals surface area (Å²) in [7, 11) is 1.67. The molecule has 3 aromatic rings. The number of imidazole rings is 1. The third-order valence-electron chi connectivity index (χ3n) is 3.43. The summed E-state index contributed by atoms with van der Waals surface area (Å²) in [6.45, 7) is 1.99. The molecule has 0 radical (unpaired) electrons. The number of fused-ring (bicyclic) bond motifs is 1. The minimum absolute atomic E-state index is 0.783. The van der Waals surface area contributed by atoms with Crippen LogP contribution in [-0.2, 0) is 6.42 Å². The zero-order valence-electron chi connectivity index (χ0n) is 11.6. The molecule has 1 aromatic carbocycles. The second kappa shape index (κ2) is 4.89. The van der Waals surface area contributed by atoms with Gasteiger partial charge in [-0.3, -0.25) is 0 Å². The van der Waals surface area contributed by atoms with Gasteiger partial charge in [0.05, 0.1) is 18.5 Å². The van der Waals surface area contributed by atoms with Gasteiger partial charge in [-0.15, -0.1) is 0 Å². The van der Waals surface area contributed by atoms with Crippen molar-refractivity contribution in [3.8, 4) is 5.75 Å². The van der Waals surface area contributed by atoms with E-state index in [1.165, 1.54) is 5.56 Å². The number of ether oxygens (including phenoxy) is 1. The number of methoxy groups -OCH3 is 1. The van der Waals surface area contributed by atoms with Crippen molar-refractivity contribution in [2.24, 2.45) is 0 Å². The quantitative estimate of drug-likeness (QED) is 0.794. The molecular weight excluding hydrogens is 250 g/mol. The largest absolute Gasteiger partial charge is 0.497 e. The summed E-state index contributed by atoms with van der Waals surface area (Å²) in [4.78, 5) is 4.63. The minimum Gasteiger partial charge on any atom is -0.497 e. The maximum atomic E-state index is 5.92. The van der Waals surface area contributed by atoms with Crippen LogP contribution in [0, 0.1) is 6.92 Å². The summed E-state index contributed by atoms with van der Waals surface area (Å²) in [6.07, 6.45) is 4.73. The maximum Gasteiger partial charge on any atom is 0.137 e. The first-order valence-corrected chi connectivity index (χ1v) is 6.52. The average Bonchev–Trinajstić information content (AvgIpc) is 2.81. The second-order valence-electron chi connectivity index (χ2n) is 4.93. The van der Waals surface area contributed by atoms with Gasteiger partial charge in [0.1, 0.15) is 11.4 Å². The highest BCUT2D eigenvalue weighted by Crippen LogP contribution is 2.17. The third-order valence-corrected chi connectivity index (χ3v) is 3.43. The molecule has 0 aliphatic heterocycles. The Morgan fingerprint density at radius 1 is 1.20 bits per heavy atom. The highest BCUT2D eigenvalue weighted by molar-refractivity contribution is 5.54. The first kappa shape index (κ1) is 12.5. The van der Waals surface area contributed by atoms with Crippen molar-refractivity contribution >= 4 is 11.3 Å². The number of rotatable bonds is 3. The average molecular weight is 267 g/mol. The molecule has 102 valence electrons. The molecule has 4 heteroatoms. The molecule has 0 spiro atoms. The van der Waals surface area contributed by atoms with Gasteiger partial charge < -0.3 is 14.9 Å². The molecule has 2 aromatic heterocycles. The minimum atomic E-state index is 0.783. The molecule has 0 saturated heterocycles. The van der Waals surface area contributed by atoms with E-state index in [1.807, 2.05) is 41.9 Å². The van der Waals surface area contributed by atoms with Gasteiger partial charge in [0.25, 0.3) is 0 Å². The van der Waals surface area contributed by atoms with E-state index in [4.69, 9.17) is 10.5 Å². The fourth-order valence-corrected chi connectivity index (χ4v) is 2.24. The lowest BCUT2D eigenvalue weighted by molar-refractivity contribution is 0.414. The molecular formula is C16H17N3O. The van der Waals surface area contributed by atoms with Crippen molar-refractivity contribution in [2.75, 3.05) is 12.8 Å². The van der Waals surface area contributed by atoms with Crippen LogP contribution in [0.5, 0.6) is 5.75 Å². The van der Waals surface area contributed by atoms with Gasteiger partial charge in [-0.1, -0.05) is 12.1 Å². The van der Waals surface area contributed by atoms with E-state index in [9.17, 15) is 0 Å². The maximum absolute atomic E-state index is 5.92. The molecule has 0 fully saturated rings. The topological polar surface area (TPSA) is 52.5 Å². The lowest BCUT2D eigenvalue weighted by Crippen LogP contribution is -1.93. The lowest BCUT2D eigenvalue weighted by atomic mass is 10.1. The number of hydrogen-bond donors (Lipinski definition) is 1. The fraction of sp³-hybridized carbons (Fsp3) is 0.188. The smallest absolute Gasteiger partial charge is 0.137 e. The van der Waals surface area contributed by atoms with Crippen molar-refractivity contribution in [2.45, 2.75) is 13.3 Å². The molecule has 4 nitrogen and oxygen atoms in total. The van der Waals surface area contributed by atoms with Crippen LogP contribution in [0.4, 0.5) is 5.69 Å². The van der Waals surface area contributed by atoms with E-state index in [1.54, 1.807) is 7.11 Å². The van der Waals surface area contributed by atoms with Crippen LogP contribution in [0.15, 0.2) is 42.7 Å². The number of aromatic nitrogens is 2. The zero-order valence-corrected chi connectivity index (χ0v) is 11.6. The predicted molar refractivity (Wildman–Crippen MR) is 80.1 cm³/mol. The summed E-state index contributed by atoms with van der Waals surface area (Å²) in [5, 5.41) is 0. The van der Waals surface area contributed by atoms with Crippen molar-refractivity contribution < 1.29 is 4.74 Å². The zero-order chi connectivity index (χ0) is 14.1. The Bertz CT molecular complexity index is 705. The molecule has 0 aliphatic rings. The first-order chi connectivity index (χ1) is 9.65. The van der Waals surface area contributed by atoms with E-state index in [2.05, 4.69) is 17.1 Å². The molecule has 0 unspecified atom stereocenters. The highest BCUT2D eigenvalue weighted by atomic mass is 16.5. The van der Waals surface area contributed by atoms with Crippen molar-refractivity contribution in [3.63, 3.8) is 0 Å². The number of anilines is 1. The molecule has 2 N–H and O–H groups in total. The summed E-state index contributed by atoms with van der Waals surface area (Å²) < 4.78 is 7.13. The van der Waals surface area contributed by atoms with Gasteiger partial charge in [-0.05, 0) is 36.2 Å². The molecule has 0 bridgehead atoms. The number of nitrogen functional groups attached to an aromatic ring is 1. The molecule has 2 heterocycles. The van der Waals surface area contributed by atoms with Gasteiger partial charge in [-0.2, -0.15) is 0 Å². The number of aryl methyl sites for hydroxylation is 1. The molecule has 0 aliphatic carbocycles. The number of benzene rings is 1. The van der Waals surface area contributed by atoms with Crippen LogP contribution in [0.2, 0.25) is 0 Å². The van der Waals surface area contributed by atoms with Gasteiger partial charge in [0.15, 0.2) is 0 Å². The number of pyridine rings is 1. The lowest BCUT2D eigenvalue weighted by Gasteiger charge is -2.01. The standard InChI is InChI=1S/C16H17N3O/c1-11-7-16-18-13(9-19(16)10-15(11)17)8-12-3-5-14(20-2)6-4-12/h3-7,9-10H,8,17H2,1-2H3. The third kappa shape index (κ3) is 2.32. The number of hydrogen-bond acceptors (Lipinski definition) is 3.